The van der Waals surface area contributed by atoms with Crippen molar-refractivity contribution < 1.29 is 13.9 Å². The average molecular weight is 446 g/mol. The zero-order chi connectivity index (χ0) is 21.6. The number of nitrogens with one attached hydrogen (secondary N) is 1. The Hall–Kier alpha value is -2.51. The van der Waals surface area contributed by atoms with Crippen LogP contribution in [0.15, 0.2) is 64.2 Å². The van der Waals surface area contributed by atoms with Crippen LogP contribution in [0.5, 0.6) is 0 Å². The van der Waals surface area contributed by atoms with Crippen LogP contribution in [0.1, 0.15) is 43.8 Å². The molecule has 0 bridgehead atoms. The van der Waals surface area contributed by atoms with E-state index in [1.165, 1.54) is 11.8 Å². The predicted molar refractivity (Wildman–Crippen MR) is 118 cm³/mol. The Bertz CT molecular complexity index is 973. The van der Waals surface area contributed by atoms with Crippen molar-refractivity contribution >= 4 is 29.5 Å². The van der Waals surface area contributed by atoms with Crippen LogP contribution in [0, 0.1) is 0 Å². The predicted octanol–water partition coefficient (Wildman–Crippen LogP) is 5.82. The summed E-state index contributed by atoms with van der Waals surface area (Å²) in [7, 11) is 0. The number of alkyl carbamates (subject to hydrolysis) is 1. The van der Waals surface area contributed by atoms with Gasteiger partial charge in [-0.25, -0.2) is 4.79 Å². The summed E-state index contributed by atoms with van der Waals surface area (Å²) in [6.07, 6.45) is -0.0320. The maximum atomic E-state index is 12.3. The lowest BCUT2D eigenvalue weighted by atomic mass is 10.1. The number of aromatic nitrogens is 2. The third kappa shape index (κ3) is 7.07. The number of amides is 1. The van der Waals surface area contributed by atoms with Gasteiger partial charge in [0.15, 0.2) is 0 Å². The van der Waals surface area contributed by atoms with E-state index in [0.717, 1.165) is 11.1 Å². The summed E-state index contributed by atoms with van der Waals surface area (Å²) < 4.78 is 11.2. The number of benzene rings is 2. The van der Waals surface area contributed by atoms with Crippen molar-refractivity contribution in [2.75, 3.05) is 0 Å². The number of hydrogen-bond acceptors (Lipinski definition) is 6. The first-order valence-electron chi connectivity index (χ1n) is 9.52. The van der Waals surface area contributed by atoms with Crippen molar-refractivity contribution in [3.63, 3.8) is 0 Å². The minimum atomic E-state index is -0.603. The summed E-state index contributed by atoms with van der Waals surface area (Å²) in [5, 5.41) is 12.2. The van der Waals surface area contributed by atoms with Crippen molar-refractivity contribution in [1.82, 2.24) is 15.5 Å². The number of thioether (sulfide) groups is 1. The van der Waals surface area contributed by atoms with Crippen LogP contribution in [0.25, 0.3) is 0 Å². The van der Waals surface area contributed by atoms with Gasteiger partial charge in [0, 0.05) is 17.2 Å². The van der Waals surface area contributed by atoms with Crippen LogP contribution >= 0.6 is 23.4 Å². The first kappa shape index (κ1) is 22.2. The first-order valence-corrected chi connectivity index (χ1v) is 10.9. The van der Waals surface area contributed by atoms with Gasteiger partial charge in [-0.2, -0.15) is 0 Å². The molecule has 0 aliphatic heterocycles. The van der Waals surface area contributed by atoms with Gasteiger partial charge in [0.1, 0.15) is 11.6 Å². The SMILES string of the molecule is CC(C)(C)OC(=O)NC(Cc1ccccc1)c1nnc(SCc2cccc(Cl)c2)o1. The Morgan fingerprint density at radius 3 is 2.57 bits per heavy atom. The molecule has 1 aromatic heterocycles. The summed E-state index contributed by atoms with van der Waals surface area (Å²) in [4.78, 5) is 12.3. The molecule has 3 rings (SSSR count). The van der Waals surface area contributed by atoms with E-state index in [2.05, 4.69) is 15.5 Å². The summed E-state index contributed by atoms with van der Waals surface area (Å²) in [5.74, 6) is 0.976. The number of hydrogen-bond donors (Lipinski definition) is 1. The Kier molecular flexibility index (Phi) is 7.39. The minimum absolute atomic E-state index is 0.332. The van der Waals surface area contributed by atoms with Crippen molar-refractivity contribution in [3.05, 3.63) is 76.6 Å². The van der Waals surface area contributed by atoms with Gasteiger partial charge in [-0.3, -0.25) is 0 Å². The Labute approximate surface area is 185 Å². The van der Waals surface area contributed by atoms with E-state index in [0.29, 0.717) is 28.3 Å². The second kappa shape index (κ2) is 10.00. The fourth-order valence-electron chi connectivity index (χ4n) is 2.69. The largest absolute Gasteiger partial charge is 0.444 e. The number of ether oxygens (including phenoxy) is 1. The first-order chi connectivity index (χ1) is 14.3. The van der Waals surface area contributed by atoms with Crippen LogP contribution in [-0.2, 0) is 16.9 Å². The molecule has 1 atom stereocenters. The van der Waals surface area contributed by atoms with E-state index in [4.69, 9.17) is 20.8 Å². The fourth-order valence-corrected chi connectivity index (χ4v) is 3.62. The smallest absolute Gasteiger partial charge is 0.408 e. The molecule has 0 saturated carbocycles. The van der Waals surface area contributed by atoms with Crippen LogP contribution in [-0.4, -0.2) is 21.9 Å². The molecule has 158 valence electrons. The van der Waals surface area contributed by atoms with Crippen LogP contribution < -0.4 is 5.32 Å². The number of rotatable bonds is 7. The van der Waals surface area contributed by atoms with Gasteiger partial charge in [-0.1, -0.05) is 65.8 Å². The lowest BCUT2D eigenvalue weighted by molar-refractivity contribution is 0.0494. The van der Waals surface area contributed by atoms with Crippen molar-refractivity contribution in [2.24, 2.45) is 0 Å². The lowest BCUT2D eigenvalue weighted by Crippen LogP contribution is -2.36. The minimum Gasteiger partial charge on any atom is -0.444 e. The van der Waals surface area contributed by atoms with Crippen molar-refractivity contribution in [2.45, 2.75) is 49.8 Å². The second-order valence-electron chi connectivity index (χ2n) is 7.71. The van der Waals surface area contributed by atoms with E-state index < -0.39 is 17.7 Å². The number of nitrogens with zero attached hydrogens (tertiary/aromatic N) is 2. The van der Waals surface area contributed by atoms with Gasteiger partial charge in [0.05, 0.1) is 0 Å². The van der Waals surface area contributed by atoms with Gasteiger partial charge in [-0.15, -0.1) is 10.2 Å². The van der Waals surface area contributed by atoms with Crippen LogP contribution in [0.4, 0.5) is 4.79 Å². The molecule has 0 aliphatic rings. The molecular formula is C22H24ClN3O3S. The van der Waals surface area contributed by atoms with Gasteiger partial charge in [0.2, 0.25) is 5.89 Å². The molecule has 0 radical (unpaired) electrons. The molecule has 1 amide bonds. The van der Waals surface area contributed by atoms with Crippen LogP contribution in [0.3, 0.4) is 0 Å². The van der Waals surface area contributed by atoms with Gasteiger partial charge >= 0.3 is 6.09 Å². The molecule has 8 heteroatoms. The Balaban J connectivity index is 1.71. The molecule has 0 fully saturated rings. The van der Waals surface area contributed by atoms with E-state index in [1.807, 2.05) is 75.4 Å². The van der Waals surface area contributed by atoms with Gasteiger partial charge in [-0.05, 0) is 44.0 Å². The molecule has 0 aliphatic carbocycles. The summed E-state index contributed by atoms with van der Waals surface area (Å²) in [5.41, 5.74) is 1.48. The third-order valence-electron chi connectivity index (χ3n) is 3.95. The third-order valence-corrected chi connectivity index (χ3v) is 5.07. The van der Waals surface area contributed by atoms with E-state index in [1.54, 1.807) is 0 Å². The summed E-state index contributed by atoms with van der Waals surface area (Å²) in [6, 6.07) is 16.9. The monoisotopic (exact) mass is 445 g/mol. The van der Waals surface area contributed by atoms with Crippen molar-refractivity contribution in [1.29, 1.82) is 0 Å². The molecule has 0 spiro atoms. The molecule has 1 unspecified atom stereocenters. The normalized spacial score (nSPS) is 12.4. The molecule has 0 saturated heterocycles. The summed E-state index contributed by atoms with van der Waals surface area (Å²) in [6.45, 7) is 5.45. The highest BCUT2D eigenvalue weighted by molar-refractivity contribution is 7.98. The highest BCUT2D eigenvalue weighted by Gasteiger charge is 2.25. The quantitative estimate of drug-likeness (QED) is 0.461. The molecule has 1 N–H and O–H groups in total. The number of carbonyl (C=O) groups is 1. The maximum Gasteiger partial charge on any atom is 0.408 e. The van der Waals surface area contributed by atoms with Crippen LogP contribution in [0.2, 0.25) is 5.02 Å². The topological polar surface area (TPSA) is 77.2 Å². The molecule has 1 heterocycles. The number of carbonyl (C=O) groups excluding carboxylic acids is 1. The average Bonchev–Trinajstić information content (AvgIpc) is 3.14. The van der Waals surface area contributed by atoms with E-state index >= 15 is 0 Å². The lowest BCUT2D eigenvalue weighted by Gasteiger charge is -2.22. The molecule has 6 nitrogen and oxygen atoms in total. The standard InChI is InChI=1S/C22H24ClN3O3S/c1-22(2,3)29-20(27)24-18(13-15-8-5-4-6-9-15)19-25-26-21(28-19)30-14-16-10-7-11-17(23)12-16/h4-12,18H,13-14H2,1-3H3,(H,24,27). The molecule has 2 aromatic carbocycles. The highest BCUT2D eigenvalue weighted by Crippen LogP contribution is 2.26. The maximum absolute atomic E-state index is 12.3. The Morgan fingerprint density at radius 1 is 1.13 bits per heavy atom. The van der Waals surface area contributed by atoms with E-state index in [-0.39, 0.29) is 0 Å². The number of halogens is 1. The Morgan fingerprint density at radius 2 is 1.87 bits per heavy atom. The highest BCUT2D eigenvalue weighted by atomic mass is 35.5. The zero-order valence-corrected chi connectivity index (χ0v) is 18.7. The second-order valence-corrected chi connectivity index (χ2v) is 9.08. The zero-order valence-electron chi connectivity index (χ0n) is 17.1. The molecular weight excluding hydrogens is 422 g/mol. The molecule has 30 heavy (non-hydrogen) atoms. The van der Waals surface area contributed by atoms with Crippen molar-refractivity contribution in [3.8, 4) is 0 Å². The van der Waals surface area contributed by atoms with Gasteiger partial charge in [0.25, 0.3) is 5.22 Å². The van der Waals surface area contributed by atoms with E-state index in [9.17, 15) is 4.79 Å². The molecule has 3 aromatic rings. The summed E-state index contributed by atoms with van der Waals surface area (Å²) >= 11 is 7.44. The fraction of sp³-hybridized carbons (Fsp3) is 0.318. The van der Waals surface area contributed by atoms with Gasteiger partial charge < -0.3 is 14.5 Å².